The van der Waals surface area contributed by atoms with Crippen molar-refractivity contribution in [2.45, 2.75) is 57.7 Å². The lowest BCUT2D eigenvalue weighted by Gasteiger charge is -2.29. The number of ether oxygens (including phenoxy) is 1. The Morgan fingerprint density at radius 2 is 1.77 bits per heavy atom. The number of guanidine groups is 1. The van der Waals surface area contributed by atoms with Crippen molar-refractivity contribution in [2.24, 2.45) is 22.2 Å². The largest absolute Gasteiger partial charge is 0.374 e. The molecule has 0 aromatic rings. The Bertz CT molecular complexity index is 418. The fraction of sp³-hybridized carbons (Fsp3) is 0.941. The van der Waals surface area contributed by atoms with Gasteiger partial charge in [-0.15, -0.1) is 24.0 Å². The zero-order valence-corrected chi connectivity index (χ0v) is 16.2. The first-order valence-electron chi connectivity index (χ1n) is 8.80. The summed E-state index contributed by atoms with van der Waals surface area (Å²) >= 11 is 0. The number of likely N-dealkylation sites (tertiary alicyclic amines) is 1. The van der Waals surface area contributed by atoms with Gasteiger partial charge in [0, 0.05) is 38.5 Å². The maximum atomic E-state index is 6.07. The molecule has 2 bridgehead atoms. The van der Waals surface area contributed by atoms with E-state index in [1.807, 2.05) is 7.05 Å². The first-order chi connectivity index (χ1) is 10.2. The Labute approximate surface area is 151 Å². The molecule has 0 amide bonds. The number of rotatable bonds is 2. The summed E-state index contributed by atoms with van der Waals surface area (Å²) in [6.07, 6.45) is 9.15. The van der Waals surface area contributed by atoms with Gasteiger partial charge in [-0.3, -0.25) is 4.99 Å². The lowest BCUT2D eigenvalue weighted by molar-refractivity contribution is 0.0766. The number of nitrogens with one attached hydrogen (secondary N) is 1. The highest BCUT2D eigenvalue weighted by Gasteiger charge is 2.53. The summed E-state index contributed by atoms with van der Waals surface area (Å²) in [6, 6.07) is 0. The summed E-state index contributed by atoms with van der Waals surface area (Å²) in [4.78, 5) is 7.04. The van der Waals surface area contributed by atoms with E-state index in [0.717, 1.165) is 37.4 Å². The molecule has 1 N–H and O–H groups in total. The molecule has 0 aromatic heterocycles. The molecule has 126 valence electrons. The lowest BCUT2D eigenvalue weighted by atomic mass is 9.82. The first-order valence-corrected chi connectivity index (χ1v) is 8.80. The maximum absolute atomic E-state index is 6.07. The number of fused-ring (bicyclic) bond motifs is 5. The van der Waals surface area contributed by atoms with Crippen molar-refractivity contribution in [1.29, 1.82) is 0 Å². The van der Waals surface area contributed by atoms with Crippen LogP contribution in [-0.2, 0) is 4.74 Å². The molecule has 0 radical (unpaired) electrons. The van der Waals surface area contributed by atoms with Crippen LogP contribution in [-0.4, -0.2) is 49.7 Å². The molecular weight excluding hydrogens is 389 g/mol. The number of halogens is 1. The molecular formula is C17H30IN3O. The average molecular weight is 419 g/mol. The van der Waals surface area contributed by atoms with E-state index in [-0.39, 0.29) is 24.0 Å². The molecule has 1 aliphatic carbocycles. The molecule has 4 nitrogen and oxygen atoms in total. The van der Waals surface area contributed by atoms with E-state index < -0.39 is 0 Å². The number of hydrogen-bond acceptors (Lipinski definition) is 2. The molecule has 5 heteroatoms. The second kappa shape index (κ2) is 6.46. The van der Waals surface area contributed by atoms with Gasteiger partial charge in [-0.1, -0.05) is 19.8 Å². The molecule has 1 saturated carbocycles. The van der Waals surface area contributed by atoms with Crippen LogP contribution in [0.5, 0.6) is 0 Å². The van der Waals surface area contributed by atoms with E-state index in [9.17, 15) is 0 Å². The number of hydrogen-bond donors (Lipinski definition) is 1. The van der Waals surface area contributed by atoms with Gasteiger partial charge in [-0.05, 0) is 31.1 Å². The fourth-order valence-corrected chi connectivity index (χ4v) is 5.16. The minimum absolute atomic E-state index is 0. The second-order valence-corrected chi connectivity index (χ2v) is 7.94. The topological polar surface area (TPSA) is 36.9 Å². The quantitative estimate of drug-likeness (QED) is 0.425. The van der Waals surface area contributed by atoms with Gasteiger partial charge in [-0.2, -0.15) is 0 Å². The Balaban J connectivity index is 0.00000144. The van der Waals surface area contributed by atoms with Gasteiger partial charge < -0.3 is 15.0 Å². The smallest absolute Gasteiger partial charge is 0.193 e. The van der Waals surface area contributed by atoms with E-state index in [0.29, 0.717) is 17.6 Å². The van der Waals surface area contributed by atoms with Gasteiger partial charge in [-0.25, -0.2) is 0 Å². The van der Waals surface area contributed by atoms with Crippen molar-refractivity contribution in [3.05, 3.63) is 0 Å². The van der Waals surface area contributed by atoms with E-state index in [1.165, 1.54) is 38.5 Å². The molecule has 0 spiro atoms. The second-order valence-electron chi connectivity index (χ2n) is 7.94. The molecule has 4 fully saturated rings. The Hall–Kier alpha value is -0.0400. The van der Waals surface area contributed by atoms with Gasteiger partial charge in [0.2, 0.25) is 0 Å². The Kier molecular flexibility index (Phi) is 4.93. The van der Waals surface area contributed by atoms with Crippen molar-refractivity contribution in [1.82, 2.24) is 10.2 Å². The van der Waals surface area contributed by atoms with Crippen LogP contribution < -0.4 is 5.32 Å². The third-order valence-corrected chi connectivity index (χ3v) is 6.45. The minimum Gasteiger partial charge on any atom is -0.374 e. The monoisotopic (exact) mass is 419 g/mol. The molecule has 4 rings (SSSR count). The van der Waals surface area contributed by atoms with Gasteiger partial charge in [0.25, 0.3) is 0 Å². The summed E-state index contributed by atoms with van der Waals surface area (Å²) < 4.78 is 6.07. The average Bonchev–Trinajstić information content (AvgIpc) is 3.20. The molecule has 4 aliphatic rings. The molecule has 3 heterocycles. The van der Waals surface area contributed by atoms with Gasteiger partial charge in [0.05, 0.1) is 12.2 Å². The van der Waals surface area contributed by atoms with Crippen LogP contribution in [0.1, 0.15) is 45.4 Å². The van der Waals surface area contributed by atoms with Gasteiger partial charge >= 0.3 is 0 Å². The molecule has 0 aromatic carbocycles. The highest BCUT2D eigenvalue weighted by Crippen LogP contribution is 2.47. The fourth-order valence-electron chi connectivity index (χ4n) is 5.16. The molecule has 4 atom stereocenters. The lowest BCUT2D eigenvalue weighted by Crippen LogP contribution is -2.44. The Morgan fingerprint density at radius 3 is 2.32 bits per heavy atom. The summed E-state index contributed by atoms with van der Waals surface area (Å²) in [5.74, 6) is 2.63. The third kappa shape index (κ3) is 2.87. The predicted molar refractivity (Wildman–Crippen MR) is 99.8 cm³/mol. The molecule has 3 aliphatic heterocycles. The predicted octanol–water partition coefficient (Wildman–Crippen LogP) is 2.87. The summed E-state index contributed by atoms with van der Waals surface area (Å²) in [7, 11) is 1.93. The number of nitrogens with zero attached hydrogens (tertiary/aromatic N) is 2. The van der Waals surface area contributed by atoms with Crippen molar-refractivity contribution in [3.8, 4) is 0 Å². The maximum Gasteiger partial charge on any atom is 0.193 e. The molecule has 22 heavy (non-hydrogen) atoms. The highest BCUT2D eigenvalue weighted by atomic mass is 127. The first kappa shape index (κ1) is 16.8. The minimum atomic E-state index is 0. The van der Waals surface area contributed by atoms with Crippen LogP contribution >= 0.6 is 24.0 Å². The normalized spacial score (nSPS) is 39.0. The standard InChI is InChI=1S/C17H29N3O.HI/c1-17(7-3-4-8-17)11-19-16(18-2)20-9-12-13(10-20)15-6-5-14(12)21-15;/h12-15H,3-11H2,1-2H3,(H,18,19);1H. The van der Waals surface area contributed by atoms with Crippen LogP contribution in [0.2, 0.25) is 0 Å². The van der Waals surface area contributed by atoms with E-state index in [1.54, 1.807) is 0 Å². The summed E-state index contributed by atoms with van der Waals surface area (Å²) in [6.45, 7) is 5.78. The summed E-state index contributed by atoms with van der Waals surface area (Å²) in [5, 5.41) is 3.67. The van der Waals surface area contributed by atoms with Gasteiger partial charge in [0.1, 0.15) is 0 Å². The van der Waals surface area contributed by atoms with Crippen molar-refractivity contribution in [2.75, 3.05) is 26.7 Å². The van der Waals surface area contributed by atoms with Crippen molar-refractivity contribution >= 4 is 29.9 Å². The van der Waals surface area contributed by atoms with Crippen LogP contribution in [0.25, 0.3) is 0 Å². The Morgan fingerprint density at radius 1 is 1.18 bits per heavy atom. The van der Waals surface area contributed by atoms with Crippen LogP contribution in [0.3, 0.4) is 0 Å². The third-order valence-electron chi connectivity index (χ3n) is 6.45. The van der Waals surface area contributed by atoms with Gasteiger partial charge in [0.15, 0.2) is 5.96 Å². The number of aliphatic imine (C=N–C) groups is 1. The van der Waals surface area contributed by atoms with Crippen LogP contribution in [0.15, 0.2) is 4.99 Å². The van der Waals surface area contributed by atoms with E-state index in [4.69, 9.17) is 4.74 Å². The highest BCUT2D eigenvalue weighted by molar-refractivity contribution is 14.0. The van der Waals surface area contributed by atoms with E-state index in [2.05, 4.69) is 22.1 Å². The van der Waals surface area contributed by atoms with Crippen molar-refractivity contribution in [3.63, 3.8) is 0 Å². The molecule has 4 unspecified atom stereocenters. The van der Waals surface area contributed by atoms with Crippen LogP contribution in [0, 0.1) is 17.3 Å². The van der Waals surface area contributed by atoms with Crippen LogP contribution in [0.4, 0.5) is 0 Å². The SMILES string of the molecule is CN=C(NCC1(C)CCCC1)N1CC2C3CCC(O3)C2C1.I. The summed E-state index contributed by atoms with van der Waals surface area (Å²) in [5.41, 5.74) is 0.480. The zero-order chi connectivity index (χ0) is 14.4. The zero-order valence-electron chi connectivity index (χ0n) is 13.9. The van der Waals surface area contributed by atoms with Crippen molar-refractivity contribution < 1.29 is 4.74 Å². The molecule has 3 saturated heterocycles. The van der Waals surface area contributed by atoms with E-state index >= 15 is 0 Å².